The second kappa shape index (κ2) is 8.68. The first kappa shape index (κ1) is 15.8. The zero-order valence-corrected chi connectivity index (χ0v) is 13.3. The third kappa shape index (κ3) is 5.84. The minimum absolute atomic E-state index is 0.0387. The summed E-state index contributed by atoms with van der Waals surface area (Å²) in [6.45, 7) is 3.03. The molecule has 20 heavy (non-hydrogen) atoms. The quantitative estimate of drug-likeness (QED) is 0.476. The molecular weight excluding hydrogens is 269 g/mol. The maximum atomic E-state index is 13.8. The van der Waals surface area contributed by atoms with Crippen LogP contribution in [0.4, 0.5) is 4.39 Å². The van der Waals surface area contributed by atoms with E-state index in [0.717, 1.165) is 36.6 Å². The molecule has 1 nitrogen and oxygen atoms in total. The Kier molecular flexibility index (Phi) is 6.88. The van der Waals surface area contributed by atoms with Gasteiger partial charge in [-0.2, -0.15) is 0 Å². The van der Waals surface area contributed by atoms with Gasteiger partial charge in [0.2, 0.25) is 0 Å². The van der Waals surface area contributed by atoms with Crippen molar-refractivity contribution in [2.75, 3.05) is 5.75 Å². The Bertz CT molecular complexity index is 404. The van der Waals surface area contributed by atoms with Crippen molar-refractivity contribution < 1.29 is 4.39 Å². The predicted octanol–water partition coefficient (Wildman–Crippen LogP) is 5.10. The maximum absolute atomic E-state index is 13.8. The predicted molar refractivity (Wildman–Crippen MR) is 86.3 cm³/mol. The molecule has 2 rings (SSSR count). The highest BCUT2D eigenvalue weighted by Crippen LogP contribution is 2.34. The normalized spacial score (nSPS) is 14.7. The summed E-state index contributed by atoms with van der Waals surface area (Å²) in [5, 5.41) is 0. The van der Waals surface area contributed by atoms with E-state index >= 15 is 0 Å². The Morgan fingerprint density at radius 2 is 2.15 bits per heavy atom. The van der Waals surface area contributed by atoms with Crippen LogP contribution in [0.1, 0.15) is 56.6 Å². The van der Waals surface area contributed by atoms with Crippen LogP contribution >= 0.6 is 11.9 Å². The first-order valence-electron chi connectivity index (χ1n) is 7.91. The lowest BCUT2D eigenvalue weighted by atomic mass is 10.0. The number of nitrogens with one attached hydrogen (secondary N) is 1. The van der Waals surface area contributed by atoms with Crippen LogP contribution in [0.3, 0.4) is 0 Å². The van der Waals surface area contributed by atoms with Gasteiger partial charge in [0.05, 0.1) is 0 Å². The summed E-state index contributed by atoms with van der Waals surface area (Å²) < 4.78 is 17.1. The van der Waals surface area contributed by atoms with Gasteiger partial charge in [0.25, 0.3) is 0 Å². The van der Waals surface area contributed by atoms with Gasteiger partial charge in [-0.3, -0.25) is 4.72 Å². The van der Waals surface area contributed by atoms with Crippen LogP contribution in [-0.4, -0.2) is 5.75 Å². The van der Waals surface area contributed by atoms with Gasteiger partial charge < -0.3 is 0 Å². The lowest BCUT2D eigenvalue weighted by Gasteiger charge is -2.08. The molecule has 1 N–H and O–H groups in total. The Labute approximate surface area is 126 Å². The maximum Gasteiger partial charge on any atom is 0.126 e. The minimum atomic E-state index is -0.0387. The van der Waals surface area contributed by atoms with Crippen LogP contribution in [0.5, 0.6) is 0 Å². The lowest BCUT2D eigenvalue weighted by molar-refractivity contribution is 0.591. The van der Waals surface area contributed by atoms with Gasteiger partial charge in [0, 0.05) is 12.3 Å². The van der Waals surface area contributed by atoms with Gasteiger partial charge in [-0.25, -0.2) is 4.39 Å². The molecule has 0 saturated heterocycles. The fourth-order valence-corrected chi connectivity index (χ4v) is 3.19. The zero-order valence-electron chi connectivity index (χ0n) is 12.5. The molecule has 1 aliphatic rings. The number of unbranched alkanes of at least 4 members (excludes halogenated alkanes) is 1. The number of benzene rings is 1. The van der Waals surface area contributed by atoms with Crippen LogP contribution < -0.4 is 4.72 Å². The number of rotatable bonds is 10. The van der Waals surface area contributed by atoms with Crippen molar-refractivity contribution in [1.82, 2.24) is 4.72 Å². The summed E-state index contributed by atoms with van der Waals surface area (Å²) in [5.74, 6) is 2.05. The molecule has 0 amide bonds. The van der Waals surface area contributed by atoms with Crippen molar-refractivity contribution in [1.29, 1.82) is 0 Å². The van der Waals surface area contributed by atoms with Crippen LogP contribution in [0.2, 0.25) is 0 Å². The monoisotopic (exact) mass is 295 g/mol. The lowest BCUT2D eigenvalue weighted by Crippen LogP contribution is -2.05. The Morgan fingerprint density at radius 3 is 2.90 bits per heavy atom. The van der Waals surface area contributed by atoms with E-state index in [1.165, 1.54) is 37.7 Å². The summed E-state index contributed by atoms with van der Waals surface area (Å²) in [7, 11) is 0. The van der Waals surface area contributed by atoms with Crippen molar-refractivity contribution >= 4 is 11.9 Å². The van der Waals surface area contributed by atoms with Crippen LogP contribution in [0.25, 0.3) is 0 Å². The number of halogens is 1. The molecule has 0 unspecified atom stereocenters. The van der Waals surface area contributed by atoms with Crippen molar-refractivity contribution in [2.24, 2.45) is 5.92 Å². The summed E-state index contributed by atoms with van der Waals surface area (Å²) in [5.41, 5.74) is 2.08. The summed E-state index contributed by atoms with van der Waals surface area (Å²) in [6, 6.07) is 5.56. The van der Waals surface area contributed by atoms with E-state index in [1.807, 2.05) is 12.1 Å². The van der Waals surface area contributed by atoms with Crippen molar-refractivity contribution in [2.45, 2.75) is 58.4 Å². The average Bonchev–Trinajstić information content (AvgIpc) is 3.26. The van der Waals surface area contributed by atoms with Gasteiger partial charge in [0.1, 0.15) is 5.82 Å². The third-order valence-electron chi connectivity index (χ3n) is 3.84. The van der Waals surface area contributed by atoms with E-state index in [2.05, 4.69) is 11.6 Å². The molecule has 1 aromatic carbocycles. The smallest absolute Gasteiger partial charge is 0.126 e. The van der Waals surface area contributed by atoms with E-state index < -0.39 is 0 Å². The Morgan fingerprint density at radius 1 is 1.30 bits per heavy atom. The topological polar surface area (TPSA) is 12.0 Å². The van der Waals surface area contributed by atoms with E-state index in [0.29, 0.717) is 0 Å². The molecule has 1 aromatic rings. The number of hydrogen-bond donors (Lipinski definition) is 1. The van der Waals surface area contributed by atoms with Gasteiger partial charge >= 0.3 is 0 Å². The molecule has 0 radical (unpaired) electrons. The zero-order chi connectivity index (χ0) is 14.2. The van der Waals surface area contributed by atoms with Crippen molar-refractivity contribution in [3.8, 4) is 0 Å². The first-order valence-corrected chi connectivity index (χ1v) is 8.90. The van der Waals surface area contributed by atoms with Gasteiger partial charge in [0.15, 0.2) is 0 Å². The molecule has 3 heteroatoms. The second-order valence-electron chi connectivity index (χ2n) is 5.78. The summed E-state index contributed by atoms with van der Waals surface area (Å²) in [4.78, 5) is 0. The second-order valence-corrected chi connectivity index (χ2v) is 6.77. The average molecular weight is 295 g/mol. The van der Waals surface area contributed by atoms with Crippen molar-refractivity contribution in [3.05, 3.63) is 35.1 Å². The van der Waals surface area contributed by atoms with Crippen molar-refractivity contribution in [3.63, 3.8) is 0 Å². The molecule has 0 aliphatic heterocycles. The molecule has 1 aliphatic carbocycles. The molecule has 1 fully saturated rings. The fourth-order valence-electron chi connectivity index (χ4n) is 2.34. The minimum Gasteiger partial charge on any atom is -0.260 e. The number of aryl methyl sites for hydroxylation is 1. The molecule has 0 spiro atoms. The molecule has 112 valence electrons. The van der Waals surface area contributed by atoms with E-state index in [-0.39, 0.29) is 5.82 Å². The summed E-state index contributed by atoms with van der Waals surface area (Å²) >= 11 is 1.77. The molecule has 0 atom stereocenters. The molecular formula is C17H26FNS. The fraction of sp³-hybridized carbons (Fsp3) is 0.647. The standard InChI is InChI=1S/C17H26FNS/c1-2-3-11-20-19-13-15-9-10-17(18)16(12-15)6-4-5-14-7-8-14/h9-10,12,14,19H,2-8,11,13H2,1H3. The third-order valence-corrected chi connectivity index (χ3v) is 4.69. The van der Waals surface area contributed by atoms with E-state index in [4.69, 9.17) is 0 Å². The first-order chi connectivity index (χ1) is 9.79. The largest absolute Gasteiger partial charge is 0.260 e. The number of hydrogen-bond acceptors (Lipinski definition) is 2. The van der Waals surface area contributed by atoms with Gasteiger partial charge in [-0.05, 0) is 42.4 Å². The Hall–Kier alpha value is -0.540. The highest BCUT2D eigenvalue weighted by Gasteiger charge is 2.20. The van der Waals surface area contributed by atoms with Gasteiger partial charge in [-0.1, -0.05) is 56.7 Å². The molecule has 0 heterocycles. The molecule has 0 bridgehead atoms. The molecule has 1 saturated carbocycles. The summed E-state index contributed by atoms with van der Waals surface area (Å²) in [6.07, 6.45) is 8.55. The van der Waals surface area contributed by atoms with E-state index in [1.54, 1.807) is 18.0 Å². The van der Waals surface area contributed by atoms with Gasteiger partial charge in [-0.15, -0.1) is 0 Å². The van der Waals surface area contributed by atoms with E-state index in [9.17, 15) is 4.39 Å². The highest BCUT2D eigenvalue weighted by atomic mass is 32.2. The van der Waals surface area contributed by atoms with Crippen LogP contribution in [0, 0.1) is 11.7 Å². The SMILES string of the molecule is CCCCSNCc1ccc(F)c(CCCC2CC2)c1. The van der Waals surface area contributed by atoms with Crippen LogP contribution in [-0.2, 0) is 13.0 Å². The Balaban J connectivity index is 1.74. The van der Waals surface area contributed by atoms with Crippen LogP contribution in [0.15, 0.2) is 18.2 Å². The molecule has 0 aromatic heterocycles. The highest BCUT2D eigenvalue weighted by molar-refractivity contribution is 7.97.